The van der Waals surface area contributed by atoms with Crippen molar-refractivity contribution >= 4 is 16.6 Å². The number of aromatic nitrogens is 2. The number of nitro groups is 1. The Morgan fingerprint density at radius 2 is 2.29 bits per heavy atom. The molecule has 0 saturated heterocycles. The number of non-ortho nitro benzene ring substituents is 1. The van der Waals surface area contributed by atoms with E-state index in [2.05, 4.69) is 20.2 Å². The number of H-pyrrole nitrogens is 1. The van der Waals surface area contributed by atoms with Gasteiger partial charge in [-0.25, -0.2) is 0 Å². The zero-order valence-electron chi connectivity index (χ0n) is 10.7. The van der Waals surface area contributed by atoms with E-state index in [0.29, 0.717) is 10.9 Å². The molecule has 110 valence electrons. The molecule has 0 amide bonds. The van der Waals surface area contributed by atoms with Crippen molar-refractivity contribution in [2.75, 3.05) is 6.54 Å². The summed E-state index contributed by atoms with van der Waals surface area (Å²) in [5, 5.41) is 40.8. The van der Waals surface area contributed by atoms with Gasteiger partial charge in [0.25, 0.3) is 5.69 Å². The van der Waals surface area contributed by atoms with Crippen LogP contribution in [0.4, 0.5) is 5.69 Å². The summed E-state index contributed by atoms with van der Waals surface area (Å²) >= 11 is 0. The smallest absolute Gasteiger partial charge is 0.271 e. The average Bonchev–Trinajstić information content (AvgIpc) is 2.89. The Kier molecular flexibility index (Phi) is 4.33. The van der Waals surface area contributed by atoms with Crippen molar-refractivity contribution in [3.05, 3.63) is 44.5 Å². The molecule has 0 aliphatic carbocycles. The maximum Gasteiger partial charge on any atom is 0.271 e. The van der Waals surface area contributed by atoms with Crippen LogP contribution in [0, 0.1) is 10.1 Å². The molecule has 0 bridgehead atoms. The first-order chi connectivity index (χ1) is 10.0. The Morgan fingerprint density at radius 3 is 2.95 bits per heavy atom. The van der Waals surface area contributed by atoms with E-state index in [1.807, 2.05) is 0 Å². The minimum absolute atomic E-state index is 0.0479. The van der Waals surface area contributed by atoms with Gasteiger partial charge in [-0.2, -0.15) is 5.10 Å². The number of nitrogens with one attached hydrogen (secondary N) is 1. The Bertz CT molecular complexity index is 708. The van der Waals surface area contributed by atoms with E-state index in [4.69, 9.17) is 5.53 Å². The van der Waals surface area contributed by atoms with Crippen molar-refractivity contribution < 1.29 is 15.1 Å². The van der Waals surface area contributed by atoms with E-state index >= 15 is 0 Å². The van der Waals surface area contributed by atoms with E-state index in [1.54, 1.807) is 0 Å². The highest BCUT2D eigenvalue weighted by molar-refractivity contribution is 5.83. The van der Waals surface area contributed by atoms with Crippen LogP contribution < -0.4 is 0 Å². The molecule has 3 N–H and O–H groups in total. The van der Waals surface area contributed by atoms with Crippen LogP contribution in [-0.4, -0.2) is 38.0 Å². The van der Waals surface area contributed by atoms with E-state index < -0.39 is 17.1 Å². The Hall–Kier alpha value is -2.68. The van der Waals surface area contributed by atoms with Crippen LogP contribution in [0.25, 0.3) is 21.3 Å². The van der Waals surface area contributed by atoms with E-state index in [1.165, 1.54) is 18.2 Å². The van der Waals surface area contributed by atoms with Gasteiger partial charge in [0.1, 0.15) is 6.10 Å². The first-order valence-corrected chi connectivity index (χ1v) is 6.04. The second kappa shape index (κ2) is 6.18. The first kappa shape index (κ1) is 14.7. The van der Waals surface area contributed by atoms with Crippen molar-refractivity contribution in [2.45, 2.75) is 18.6 Å². The maximum absolute atomic E-state index is 10.7. The third-order valence-electron chi connectivity index (χ3n) is 3.03. The highest BCUT2D eigenvalue weighted by Gasteiger charge is 2.23. The Labute approximate surface area is 117 Å². The highest BCUT2D eigenvalue weighted by Crippen LogP contribution is 2.27. The lowest BCUT2D eigenvalue weighted by Gasteiger charge is -2.15. The molecule has 2 unspecified atom stereocenters. The fourth-order valence-electron chi connectivity index (χ4n) is 1.94. The van der Waals surface area contributed by atoms with Crippen LogP contribution in [-0.2, 0) is 0 Å². The van der Waals surface area contributed by atoms with Gasteiger partial charge in [-0.05, 0) is 18.0 Å². The molecule has 1 heterocycles. The molecule has 10 nitrogen and oxygen atoms in total. The van der Waals surface area contributed by atoms with Gasteiger partial charge in [-0.1, -0.05) is 5.11 Å². The number of aliphatic hydroxyl groups excluding tert-OH is 2. The molecule has 0 spiro atoms. The minimum Gasteiger partial charge on any atom is -0.390 e. The topological polar surface area (TPSA) is 161 Å². The average molecular weight is 292 g/mol. The molecule has 2 aromatic rings. The molecule has 0 aliphatic rings. The molecule has 0 radical (unpaired) electrons. The lowest BCUT2D eigenvalue weighted by Crippen LogP contribution is -2.19. The summed E-state index contributed by atoms with van der Waals surface area (Å²) in [7, 11) is 0. The van der Waals surface area contributed by atoms with E-state index in [0.717, 1.165) is 0 Å². The number of aromatic amines is 1. The number of fused-ring (bicyclic) bond motifs is 1. The van der Waals surface area contributed by atoms with Crippen LogP contribution in [0.2, 0.25) is 0 Å². The number of hydrogen-bond donors (Lipinski definition) is 3. The monoisotopic (exact) mass is 292 g/mol. The SMILES string of the molecule is [N-]=[N+]=NCCC(O)C(O)c1[nH]nc2cc([N+](=O)[O-])ccc12. The Morgan fingerprint density at radius 1 is 1.52 bits per heavy atom. The zero-order valence-corrected chi connectivity index (χ0v) is 10.7. The molecular weight excluding hydrogens is 280 g/mol. The van der Waals surface area contributed by atoms with Gasteiger partial charge < -0.3 is 10.2 Å². The summed E-state index contributed by atoms with van der Waals surface area (Å²) in [4.78, 5) is 12.7. The number of hydrogen-bond acceptors (Lipinski definition) is 6. The van der Waals surface area contributed by atoms with Gasteiger partial charge in [-0.15, -0.1) is 0 Å². The van der Waals surface area contributed by atoms with E-state index in [9.17, 15) is 20.3 Å². The first-order valence-electron chi connectivity index (χ1n) is 6.04. The molecule has 0 fully saturated rings. The molecule has 21 heavy (non-hydrogen) atoms. The van der Waals surface area contributed by atoms with Crippen LogP contribution >= 0.6 is 0 Å². The number of nitro benzene ring substituents is 1. The van der Waals surface area contributed by atoms with Gasteiger partial charge in [-0.3, -0.25) is 15.2 Å². The van der Waals surface area contributed by atoms with Crippen LogP contribution in [0.5, 0.6) is 0 Å². The van der Waals surface area contributed by atoms with Gasteiger partial charge in [0.2, 0.25) is 0 Å². The second-order valence-corrected chi connectivity index (χ2v) is 4.35. The summed E-state index contributed by atoms with van der Waals surface area (Å²) in [6, 6.07) is 4.02. The van der Waals surface area contributed by atoms with Crippen molar-refractivity contribution in [1.82, 2.24) is 10.2 Å². The predicted octanol–water partition coefficient (Wildman–Crippen LogP) is 1.57. The summed E-state index contributed by atoms with van der Waals surface area (Å²) in [5.74, 6) is 0. The third kappa shape index (κ3) is 3.08. The largest absolute Gasteiger partial charge is 0.390 e. The fraction of sp³-hybridized carbons (Fsp3) is 0.364. The van der Waals surface area contributed by atoms with E-state index in [-0.39, 0.29) is 24.3 Å². The second-order valence-electron chi connectivity index (χ2n) is 4.35. The summed E-state index contributed by atoms with van der Waals surface area (Å²) in [5.41, 5.74) is 8.62. The van der Waals surface area contributed by atoms with Crippen LogP contribution in [0.15, 0.2) is 23.3 Å². The van der Waals surface area contributed by atoms with Crippen molar-refractivity contribution in [3.63, 3.8) is 0 Å². The lowest BCUT2D eigenvalue weighted by molar-refractivity contribution is -0.384. The summed E-state index contributed by atoms with van der Waals surface area (Å²) < 4.78 is 0. The predicted molar refractivity (Wildman–Crippen MR) is 72.3 cm³/mol. The standard InChI is InChI=1S/C11H12N6O4/c12-16-13-4-3-9(18)11(19)10-7-2-1-6(17(20)21)5-8(7)14-15-10/h1-2,5,9,11,18-19H,3-4H2,(H,14,15). The zero-order chi connectivity index (χ0) is 15.4. The van der Waals surface area contributed by atoms with Gasteiger partial charge in [0, 0.05) is 29.0 Å². The quantitative estimate of drug-likeness (QED) is 0.241. The van der Waals surface area contributed by atoms with Crippen molar-refractivity contribution in [2.24, 2.45) is 5.11 Å². The summed E-state index contributed by atoms with van der Waals surface area (Å²) in [6.45, 7) is 0.0479. The number of nitrogens with zero attached hydrogens (tertiary/aromatic N) is 5. The molecular formula is C11H12N6O4. The number of benzene rings is 1. The molecule has 1 aromatic carbocycles. The fourth-order valence-corrected chi connectivity index (χ4v) is 1.94. The van der Waals surface area contributed by atoms with Gasteiger partial charge in [0.15, 0.2) is 0 Å². The maximum atomic E-state index is 10.7. The molecule has 2 rings (SSSR count). The van der Waals surface area contributed by atoms with Crippen molar-refractivity contribution in [3.8, 4) is 0 Å². The van der Waals surface area contributed by atoms with Crippen LogP contribution in [0.1, 0.15) is 18.2 Å². The normalized spacial score (nSPS) is 13.6. The van der Waals surface area contributed by atoms with Gasteiger partial charge in [0.05, 0.1) is 22.2 Å². The van der Waals surface area contributed by atoms with Crippen LogP contribution in [0.3, 0.4) is 0 Å². The molecule has 0 aliphatic heterocycles. The number of aliphatic hydroxyl groups is 2. The molecule has 10 heteroatoms. The Balaban J connectivity index is 2.25. The van der Waals surface area contributed by atoms with Crippen molar-refractivity contribution in [1.29, 1.82) is 0 Å². The highest BCUT2D eigenvalue weighted by atomic mass is 16.6. The lowest BCUT2D eigenvalue weighted by atomic mass is 10.0. The molecule has 2 atom stereocenters. The molecule has 0 saturated carbocycles. The third-order valence-corrected chi connectivity index (χ3v) is 3.03. The number of azide groups is 1. The minimum atomic E-state index is -1.26. The molecule has 1 aromatic heterocycles. The van der Waals surface area contributed by atoms with Gasteiger partial charge >= 0.3 is 0 Å². The number of rotatable bonds is 6. The summed E-state index contributed by atoms with van der Waals surface area (Å²) in [6.07, 6.45) is -2.32.